The molecule has 0 spiro atoms. The van der Waals surface area contributed by atoms with Gasteiger partial charge in [0, 0.05) is 4.47 Å². The topological polar surface area (TPSA) is 72.3 Å². The lowest BCUT2D eigenvalue weighted by Crippen LogP contribution is -2.02. The van der Waals surface area contributed by atoms with Crippen LogP contribution in [-0.2, 0) is 0 Å². The summed E-state index contributed by atoms with van der Waals surface area (Å²) in [7, 11) is 0. The highest BCUT2D eigenvalue weighted by molar-refractivity contribution is 9.10. The number of benzene rings is 1. The zero-order valence-corrected chi connectivity index (χ0v) is 10.1. The molecule has 0 fully saturated rings. The van der Waals surface area contributed by atoms with Gasteiger partial charge < -0.3 is 9.84 Å². The number of aromatic carboxylic acids is 1. The van der Waals surface area contributed by atoms with Gasteiger partial charge in [0.25, 0.3) is 5.88 Å². The van der Waals surface area contributed by atoms with E-state index in [2.05, 4.69) is 26.1 Å². The molecule has 17 heavy (non-hydrogen) atoms. The summed E-state index contributed by atoms with van der Waals surface area (Å²) in [6.07, 6.45) is 1.30. The summed E-state index contributed by atoms with van der Waals surface area (Å²) in [4.78, 5) is 10.9. The standard InChI is InChI=1S/C11H7BrN2O3/c12-7-2-1-3-8(6-7)17-10-9(11(15)16)4-5-13-14-10/h1-6H,(H,15,16). The van der Waals surface area contributed by atoms with E-state index in [1.54, 1.807) is 18.2 Å². The molecule has 86 valence electrons. The van der Waals surface area contributed by atoms with E-state index in [9.17, 15) is 4.79 Å². The van der Waals surface area contributed by atoms with E-state index in [0.717, 1.165) is 4.47 Å². The number of ether oxygens (including phenoxy) is 1. The van der Waals surface area contributed by atoms with Gasteiger partial charge in [-0.2, -0.15) is 5.10 Å². The second-order valence-electron chi connectivity index (χ2n) is 3.11. The highest BCUT2D eigenvalue weighted by atomic mass is 79.9. The minimum absolute atomic E-state index is 0.0278. The smallest absolute Gasteiger partial charge is 0.341 e. The maximum absolute atomic E-state index is 10.9. The molecule has 0 saturated heterocycles. The van der Waals surface area contributed by atoms with Gasteiger partial charge in [-0.1, -0.05) is 22.0 Å². The fourth-order valence-electron chi connectivity index (χ4n) is 1.20. The molecule has 2 rings (SSSR count). The first-order valence-corrected chi connectivity index (χ1v) is 5.44. The number of carbonyl (C=O) groups is 1. The predicted octanol–water partition coefficient (Wildman–Crippen LogP) is 2.73. The van der Waals surface area contributed by atoms with Crippen molar-refractivity contribution in [3.63, 3.8) is 0 Å². The van der Waals surface area contributed by atoms with Gasteiger partial charge >= 0.3 is 5.97 Å². The molecule has 5 nitrogen and oxygen atoms in total. The van der Waals surface area contributed by atoms with E-state index in [1.165, 1.54) is 12.3 Å². The van der Waals surface area contributed by atoms with Gasteiger partial charge in [-0.25, -0.2) is 4.79 Å². The predicted molar refractivity (Wildman–Crippen MR) is 63.2 cm³/mol. The van der Waals surface area contributed by atoms with Gasteiger partial charge in [0.05, 0.1) is 6.20 Å². The second kappa shape index (κ2) is 4.92. The van der Waals surface area contributed by atoms with Gasteiger partial charge in [0.15, 0.2) is 0 Å². The van der Waals surface area contributed by atoms with Crippen LogP contribution < -0.4 is 4.74 Å². The summed E-state index contributed by atoms with van der Waals surface area (Å²) < 4.78 is 6.20. The van der Waals surface area contributed by atoms with E-state index >= 15 is 0 Å². The Bertz CT molecular complexity index is 560. The minimum atomic E-state index is -1.11. The normalized spacial score (nSPS) is 9.94. The SMILES string of the molecule is O=C(O)c1ccnnc1Oc1cccc(Br)c1. The van der Waals surface area contributed by atoms with Crippen molar-refractivity contribution in [3.05, 3.63) is 46.6 Å². The number of carboxylic acid groups (broad SMARTS) is 1. The van der Waals surface area contributed by atoms with E-state index in [4.69, 9.17) is 9.84 Å². The third kappa shape index (κ3) is 2.79. The summed E-state index contributed by atoms with van der Waals surface area (Å²) in [5.74, 6) is -0.648. The molecule has 0 saturated carbocycles. The second-order valence-corrected chi connectivity index (χ2v) is 4.03. The van der Waals surface area contributed by atoms with Crippen LogP contribution in [0.5, 0.6) is 11.6 Å². The van der Waals surface area contributed by atoms with Crippen molar-refractivity contribution < 1.29 is 14.6 Å². The Hall–Kier alpha value is -1.95. The summed E-state index contributed by atoms with van der Waals surface area (Å²) >= 11 is 3.29. The summed E-state index contributed by atoms with van der Waals surface area (Å²) in [6, 6.07) is 8.35. The Morgan fingerprint density at radius 3 is 2.88 bits per heavy atom. The molecule has 1 heterocycles. The zero-order valence-electron chi connectivity index (χ0n) is 8.50. The average molecular weight is 295 g/mol. The van der Waals surface area contributed by atoms with Crippen LogP contribution in [0.3, 0.4) is 0 Å². The lowest BCUT2D eigenvalue weighted by atomic mass is 10.3. The van der Waals surface area contributed by atoms with Crippen LogP contribution in [0.4, 0.5) is 0 Å². The maximum Gasteiger partial charge on any atom is 0.341 e. The lowest BCUT2D eigenvalue weighted by molar-refractivity contribution is 0.0693. The number of halogens is 1. The summed E-state index contributed by atoms with van der Waals surface area (Å²) in [5.41, 5.74) is -0.0278. The third-order valence-corrected chi connectivity index (χ3v) is 2.42. The van der Waals surface area contributed by atoms with Gasteiger partial charge in [0.2, 0.25) is 0 Å². The molecule has 6 heteroatoms. The van der Waals surface area contributed by atoms with Crippen molar-refractivity contribution in [2.24, 2.45) is 0 Å². The molecular weight excluding hydrogens is 288 g/mol. The monoisotopic (exact) mass is 294 g/mol. The largest absolute Gasteiger partial charge is 0.477 e. The Morgan fingerprint density at radius 2 is 2.18 bits per heavy atom. The van der Waals surface area contributed by atoms with E-state index < -0.39 is 5.97 Å². The molecule has 0 aliphatic carbocycles. The molecule has 1 N–H and O–H groups in total. The molecule has 0 amide bonds. The Kier molecular flexibility index (Phi) is 3.34. The molecule has 1 aromatic carbocycles. The van der Waals surface area contributed by atoms with E-state index in [-0.39, 0.29) is 11.4 Å². The van der Waals surface area contributed by atoms with Crippen molar-refractivity contribution in [2.75, 3.05) is 0 Å². The Labute approximate surface area is 105 Å². The van der Waals surface area contributed by atoms with Crippen molar-refractivity contribution in [1.82, 2.24) is 10.2 Å². The van der Waals surface area contributed by atoms with E-state index in [1.807, 2.05) is 6.07 Å². The van der Waals surface area contributed by atoms with Crippen LogP contribution in [0.15, 0.2) is 41.0 Å². The molecule has 1 aromatic heterocycles. The van der Waals surface area contributed by atoms with Crippen LogP contribution >= 0.6 is 15.9 Å². The summed E-state index contributed by atoms with van der Waals surface area (Å²) in [5, 5.41) is 16.2. The van der Waals surface area contributed by atoms with E-state index in [0.29, 0.717) is 5.75 Å². The van der Waals surface area contributed by atoms with Crippen LogP contribution in [-0.4, -0.2) is 21.3 Å². The zero-order chi connectivity index (χ0) is 12.3. The highest BCUT2D eigenvalue weighted by Crippen LogP contribution is 2.24. The maximum atomic E-state index is 10.9. The first-order chi connectivity index (χ1) is 8.16. The van der Waals surface area contributed by atoms with Gasteiger partial charge in [-0.15, -0.1) is 5.10 Å². The third-order valence-electron chi connectivity index (χ3n) is 1.93. The molecule has 0 aliphatic rings. The minimum Gasteiger partial charge on any atom is -0.477 e. The van der Waals surface area contributed by atoms with Crippen molar-refractivity contribution in [1.29, 1.82) is 0 Å². The molecule has 0 bridgehead atoms. The molecule has 2 aromatic rings. The van der Waals surface area contributed by atoms with Crippen LogP contribution in [0, 0.1) is 0 Å². The highest BCUT2D eigenvalue weighted by Gasteiger charge is 2.13. The number of rotatable bonds is 3. The lowest BCUT2D eigenvalue weighted by Gasteiger charge is -2.06. The van der Waals surface area contributed by atoms with Gasteiger partial charge in [-0.3, -0.25) is 0 Å². The molecule has 0 atom stereocenters. The van der Waals surface area contributed by atoms with Crippen molar-refractivity contribution >= 4 is 21.9 Å². The number of carboxylic acids is 1. The van der Waals surface area contributed by atoms with Crippen LogP contribution in [0.1, 0.15) is 10.4 Å². The molecule has 0 unspecified atom stereocenters. The van der Waals surface area contributed by atoms with Gasteiger partial charge in [0.1, 0.15) is 11.3 Å². The molecular formula is C11H7BrN2O3. The first-order valence-electron chi connectivity index (χ1n) is 4.65. The fourth-order valence-corrected chi connectivity index (χ4v) is 1.58. The van der Waals surface area contributed by atoms with Crippen molar-refractivity contribution in [2.45, 2.75) is 0 Å². The van der Waals surface area contributed by atoms with Crippen molar-refractivity contribution in [3.8, 4) is 11.6 Å². The summed E-state index contributed by atoms with van der Waals surface area (Å²) in [6.45, 7) is 0. The molecule has 0 radical (unpaired) electrons. The van der Waals surface area contributed by atoms with Crippen LogP contribution in [0.25, 0.3) is 0 Å². The quantitative estimate of drug-likeness (QED) is 0.942. The van der Waals surface area contributed by atoms with Gasteiger partial charge in [-0.05, 0) is 24.3 Å². The number of nitrogens with zero attached hydrogens (tertiary/aromatic N) is 2. The first kappa shape index (κ1) is 11.5. The molecule has 0 aliphatic heterocycles. The number of hydrogen-bond donors (Lipinski definition) is 1. The average Bonchev–Trinajstić information content (AvgIpc) is 2.29. The Balaban J connectivity index is 2.33. The Morgan fingerprint density at radius 1 is 1.35 bits per heavy atom. The van der Waals surface area contributed by atoms with Crippen LogP contribution in [0.2, 0.25) is 0 Å². The number of hydrogen-bond acceptors (Lipinski definition) is 4. The number of aromatic nitrogens is 2. The fraction of sp³-hybridized carbons (Fsp3) is 0.